The summed E-state index contributed by atoms with van der Waals surface area (Å²) in [5.41, 5.74) is 0.593. The Hall–Kier alpha value is -1.57. The first-order valence-corrected chi connectivity index (χ1v) is 13.4. The van der Waals surface area contributed by atoms with Crippen LogP contribution < -0.4 is 0 Å². The summed E-state index contributed by atoms with van der Waals surface area (Å²) < 4.78 is 5.85. The molecule has 0 aromatic carbocycles. The summed E-state index contributed by atoms with van der Waals surface area (Å²) in [5.74, 6) is -0.964. The van der Waals surface area contributed by atoms with Gasteiger partial charge in [-0.15, -0.1) is 11.3 Å². The zero-order chi connectivity index (χ0) is 25.6. The van der Waals surface area contributed by atoms with Gasteiger partial charge in [-0.05, 0) is 56.6 Å². The van der Waals surface area contributed by atoms with E-state index in [2.05, 4.69) is 11.9 Å². The second-order valence-corrected chi connectivity index (χ2v) is 11.9. The van der Waals surface area contributed by atoms with E-state index in [1.807, 2.05) is 32.2 Å². The molecule has 0 saturated carbocycles. The number of aryl methyl sites for hydroxylation is 1. The third-order valence-electron chi connectivity index (χ3n) is 7.41. The fourth-order valence-corrected chi connectivity index (χ4v) is 5.28. The highest BCUT2D eigenvalue weighted by Gasteiger charge is 2.42. The molecule has 1 aliphatic rings. The molecule has 34 heavy (non-hydrogen) atoms. The number of carbonyl (C=O) groups is 2. The van der Waals surface area contributed by atoms with Crippen LogP contribution in [0.1, 0.15) is 90.8 Å². The van der Waals surface area contributed by atoms with Gasteiger partial charge in [0, 0.05) is 11.3 Å². The van der Waals surface area contributed by atoms with E-state index in [9.17, 15) is 19.8 Å². The molecule has 1 aliphatic heterocycles. The first-order valence-electron chi connectivity index (χ1n) is 12.5. The molecule has 0 spiro atoms. The zero-order valence-electron chi connectivity index (χ0n) is 21.8. The molecule has 6 atom stereocenters. The number of cyclic esters (lactones) is 1. The topological polar surface area (TPSA) is 96.7 Å². The molecule has 2 rings (SSSR count). The Labute approximate surface area is 208 Å². The molecule has 2 N–H and O–H groups in total. The van der Waals surface area contributed by atoms with Crippen LogP contribution in [-0.4, -0.2) is 45.3 Å². The minimum atomic E-state index is -1.20. The van der Waals surface area contributed by atoms with E-state index in [1.165, 1.54) is 0 Å². The summed E-state index contributed by atoms with van der Waals surface area (Å²) in [5, 5.41) is 24.6. The molecule has 3 unspecified atom stereocenters. The van der Waals surface area contributed by atoms with E-state index in [1.54, 1.807) is 32.1 Å². The second-order valence-electron chi connectivity index (χ2n) is 10.8. The van der Waals surface area contributed by atoms with Gasteiger partial charge < -0.3 is 14.9 Å². The van der Waals surface area contributed by atoms with E-state index in [-0.39, 0.29) is 18.1 Å². The average Bonchev–Trinajstić information content (AvgIpc) is 3.18. The molecule has 1 aromatic heterocycles. The highest BCUT2D eigenvalue weighted by atomic mass is 32.1. The van der Waals surface area contributed by atoms with Crippen molar-refractivity contribution in [2.45, 2.75) is 105 Å². The lowest BCUT2D eigenvalue weighted by atomic mass is 9.73. The van der Waals surface area contributed by atoms with Gasteiger partial charge in [0.05, 0.1) is 34.7 Å². The number of thiazole rings is 1. The van der Waals surface area contributed by atoms with Crippen molar-refractivity contribution < 1.29 is 24.5 Å². The summed E-state index contributed by atoms with van der Waals surface area (Å²) in [6.07, 6.45) is 3.71. The molecule has 0 amide bonds. The number of hydrogen-bond acceptors (Lipinski definition) is 7. The first kappa shape index (κ1) is 28.7. The number of hydrogen-bond donors (Lipinski definition) is 2. The van der Waals surface area contributed by atoms with Gasteiger partial charge in [-0.2, -0.15) is 0 Å². The SMILES string of the molecule is C/C(=C\c1csc(C)n1)C1CCC(C)CCCC(C)[C@H](O)[C@@H](C)C(=O)C(C)(C)[C@@H](O)CC(=O)O1. The van der Waals surface area contributed by atoms with Crippen molar-refractivity contribution in [1.29, 1.82) is 0 Å². The van der Waals surface area contributed by atoms with Crippen LogP contribution in [0.25, 0.3) is 6.08 Å². The van der Waals surface area contributed by atoms with Crippen LogP contribution >= 0.6 is 11.3 Å². The summed E-state index contributed by atoms with van der Waals surface area (Å²) in [6, 6.07) is 0. The van der Waals surface area contributed by atoms with E-state index in [0.29, 0.717) is 12.3 Å². The lowest BCUT2D eigenvalue weighted by Crippen LogP contribution is -2.45. The van der Waals surface area contributed by atoms with Crippen molar-refractivity contribution in [3.8, 4) is 0 Å². The highest BCUT2D eigenvalue weighted by molar-refractivity contribution is 7.09. The zero-order valence-corrected chi connectivity index (χ0v) is 22.7. The Kier molecular flexibility index (Phi) is 10.5. The maximum atomic E-state index is 13.2. The monoisotopic (exact) mass is 493 g/mol. The molecule has 192 valence electrons. The number of aliphatic hydroxyl groups excluding tert-OH is 2. The fraction of sp³-hybridized carbons (Fsp3) is 0.741. The van der Waals surface area contributed by atoms with Crippen molar-refractivity contribution in [1.82, 2.24) is 4.98 Å². The minimum Gasteiger partial charge on any atom is -0.458 e. The number of carbonyl (C=O) groups excluding carboxylic acids is 2. The van der Waals surface area contributed by atoms with Crippen molar-refractivity contribution >= 4 is 29.2 Å². The molecule has 0 radical (unpaired) electrons. The molecule has 1 fully saturated rings. The molecule has 7 heteroatoms. The molecule has 1 aromatic rings. The number of ketones is 1. The summed E-state index contributed by atoms with van der Waals surface area (Å²) in [4.78, 5) is 30.5. The Morgan fingerprint density at radius 3 is 2.44 bits per heavy atom. The normalized spacial score (nSPS) is 32.9. The quantitative estimate of drug-likeness (QED) is 0.539. The molecule has 0 bridgehead atoms. The molecular formula is C27H43NO5S. The van der Waals surface area contributed by atoms with E-state index < -0.39 is 35.6 Å². The molecule has 6 nitrogen and oxygen atoms in total. The molecule has 2 heterocycles. The lowest BCUT2D eigenvalue weighted by molar-refractivity contribution is -0.154. The third-order valence-corrected chi connectivity index (χ3v) is 8.20. The van der Waals surface area contributed by atoms with Gasteiger partial charge in [-0.1, -0.05) is 47.5 Å². The van der Waals surface area contributed by atoms with Gasteiger partial charge in [-0.25, -0.2) is 4.98 Å². The predicted octanol–water partition coefficient (Wildman–Crippen LogP) is 5.35. The number of Topliss-reactive ketones (excluding diaryl/α,β-unsaturated/α-hetero) is 1. The van der Waals surface area contributed by atoms with Crippen LogP contribution in [0.5, 0.6) is 0 Å². The predicted molar refractivity (Wildman–Crippen MR) is 136 cm³/mol. The maximum absolute atomic E-state index is 13.2. The largest absolute Gasteiger partial charge is 0.458 e. The number of nitrogens with zero attached hydrogens (tertiary/aromatic N) is 1. The van der Waals surface area contributed by atoms with Gasteiger partial charge in [0.2, 0.25) is 0 Å². The molecule has 1 saturated heterocycles. The van der Waals surface area contributed by atoms with Gasteiger partial charge in [-0.3, -0.25) is 9.59 Å². The van der Waals surface area contributed by atoms with Gasteiger partial charge in [0.15, 0.2) is 0 Å². The average molecular weight is 494 g/mol. The van der Waals surface area contributed by atoms with Crippen molar-refractivity contribution in [2.24, 2.45) is 23.2 Å². The van der Waals surface area contributed by atoms with E-state index in [4.69, 9.17) is 4.74 Å². The summed E-state index contributed by atoms with van der Waals surface area (Å²) in [7, 11) is 0. The molecule has 0 aliphatic carbocycles. The Morgan fingerprint density at radius 2 is 1.82 bits per heavy atom. The Morgan fingerprint density at radius 1 is 1.15 bits per heavy atom. The lowest BCUT2D eigenvalue weighted by Gasteiger charge is -2.34. The minimum absolute atomic E-state index is 0.0172. The van der Waals surface area contributed by atoms with Crippen LogP contribution in [0.4, 0.5) is 0 Å². The first-order chi connectivity index (χ1) is 15.8. The number of esters is 1. The van der Waals surface area contributed by atoms with Gasteiger partial charge >= 0.3 is 5.97 Å². The van der Waals surface area contributed by atoms with Crippen LogP contribution in [-0.2, 0) is 14.3 Å². The summed E-state index contributed by atoms with van der Waals surface area (Å²) >= 11 is 1.57. The number of rotatable bonds is 2. The highest BCUT2D eigenvalue weighted by Crippen LogP contribution is 2.33. The molecular weight excluding hydrogens is 450 g/mol. The Balaban J connectivity index is 2.27. The van der Waals surface area contributed by atoms with Crippen LogP contribution in [0.3, 0.4) is 0 Å². The standard InChI is InChI=1S/C27H43NO5S/c1-16-9-8-10-17(2)25(31)19(4)26(32)27(6,7)23(29)14-24(30)33-22(12-11-16)18(3)13-21-15-34-20(5)28-21/h13,15-17,19,22-23,25,29,31H,8-12,14H2,1-7H3/b18-13+/t16?,17?,19-,22?,23+,25+/m1/s1. The Bertz CT molecular complexity index is 861. The third kappa shape index (κ3) is 7.72. The van der Waals surface area contributed by atoms with Crippen molar-refractivity contribution in [3.05, 3.63) is 21.7 Å². The number of aliphatic hydroxyl groups is 2. The van der Waals surface area contributed by atoms with Crippen LogP contribution in [0.2, 0.25) is 0 Å². The fourth-order valence-electron chi connectivity index (χ4n) is 4.71. The van der Waals surface area contributed by atoms with Crippen molar-refractivity contribution in [3.63, 3.8) is 0 Å². The second kappa shape index (κ2) is 12.4. The number of aromatic nitrogens is 1. The van der Waals surface area contributed by atoms with E-state index >= 15 is 0 Å². The van der Waals surface area contributed by atoms with Crippen LogP contribution in [0, 0.1) is 30.1 Å². The van der Waals surface area contributed by atoms with Gasteiger partial charge in [0.1, 0.15) is 11.9 Å². The maximum Gasteiger partial charge on any atom is 0.309 e. The smallest absolute Gasteiger partial charge is 0.309 e. The van der Waals surface area contributed by atoms with Crippen LogP contribution in [0.15, 0.2) is 11.0 Å². The van der Waals surface area contributed by atoms with Crippen molar-refractivity contribution in [2.75, 3.05) is 0 Å². The summed E-state index contributed by atoms with van der Waals surface area (Å²) in [6.45, 7) is 13.1. The van der Waals surface area contributed by atoms with Gasteiger partial charge in [0.25, 0.3) is 0 Å². The van der Waals surface area contributed by atoms with E-state index in [0.717, 1.165) is 42.0 Å². The number of ether oxygens (including phenoxy) is 1.